The molecular formula is C22H20N4O5S. The van der Waals surface area contributed by atoms with E-state index in [0.717, 1.165) is 22.6 Å². The summed E-state index contributed by atoms with van der Waals surface area (Å²) in [6, 6.07) is 10.4. The van der Waals surface area contributed by atoms with Crippen molar-refractivity contribution in [1.29, 1.82) is 0 Å². The Kier molecular flexibility index (Phi) is 6.04. The van der Waals surface area contributed by atoms with Gasteiger partial charge in [0.1, 0.15) is 5.75 Å². The lowest BCUT2D eigenvalue weighted by Crippen LogP contribution is -2.13. The number of hydrogen-bond donors (Lipinski definition) is 0. The summed E-state index contributed by atoms with van der Waals surface area (Å²) in [7, 11) is 1.61. The van der Waals surface area contributed by atoms with E-state index in [2.05, 4.69) is 16.7 Å². The lowest BCUT2D eigenvalue weighted by Gasteiger charge is -2.06. The van der Waals surface area contributed by atoms with E-state index >= 15 is 0 Å². The van der Waals surface area contributed by atoms with Gasteiger partial charge in [-0.2, -0.15) is 5.10 Å². The zero-order chi connectivity index (χ0) is 22.7. The number of nitro groups is 1. The van der Waals surface area contributed by atoms with Crippen molar-refractivity contribution in [2.24, 2.45) is 10.1 Å². The highest BCUT2D eigenvalue weighted by Gasteiger charge is 2.22. The molecule has 164 valence electrons. The van der Waals surface area contributed by atoms with Crippen molar-refractivity contribution in [3.63, 3.8) is 0 Å². The zero-order valence-corrected chi connectivity index (χ0v) is 18.3. The lowest BCUT2D eigenvalue weighted by molar-refractivity contribution is -0.385. The first kappa shape index (κ1) is 21.3. The Labute approximate surface area is 187 Å². The quantitative estimate of drug-likeness (QED) is 0.231. The minimum absolute atomic E-state index is 0.0257. The van der Waals surface area contributed by atoms with Crippen LogP contribution in [-0.2, 0) is 0 Å². The van der Waals surface area contributed by atoms with Crippen LogP contribution in [0.4, 0.5) is 5.69 Å². The van der Waals surface area contributed by atoms with Gasteiger partial charge in [0.15, 0.2) is 11.5 Å². The molecule has 1 aliphatic rings. The largest absolute Gasteiger partial charge is 0.497 e. The number of ether oxygens (including phenoxy) is 3. The second-order valence-electron chi connectivity index (χ2n) is 6.98. The molecule has 32 heavy (non-hydrogen) atoms. The molecule has 1 aliphatic heterocycles. The summed E-state index contributed by atoms with van der Waals surface area (Å²) in [6.07, 6.45) is 1.43. The third kappa shape index (κ3) is 4.40. The summed E-state index contributed by atoms with van der Waals surface area (Å²) in [5.74, 6) is 1.52. The highest BCUT2D eigenvalue weighted by molar-refractivity contribution is 7.07. The van der Waals surface area contributed by atoms with Gasteiger partial charge in [-0.3, -0.25) is 15.1 Å². The Morgan fingerprint density at radius 3 is 2.69 bits per heavy atom. The van der Waals surface area contributed by atoms with Gasteiger partial charge in [-0.05, 0) is 37.3 Å². The predicted molar refractivity (Wildman–Crippen MR) is 122 cm³/mol. The summed E-state index contributed by atoms with van der Waals surface area (Å²) < 4.78 is 17.5. The number of methoxy groups -OCH3 is 1. The van der Waals surface area contributed by atoms with Gasteiger partial charge < -0.3 is 14.2 Å². The Morgan fingerprint density at radius 1 is 1.31 bits per heavy atom. The molecule has 4 rings (SSSR count). The van der Waals surface area contributed by atoms with Gasteiger partial charge in [0.2, 0.25) is 11.6 Å². The first-order valence-corrected chi connectivity index (χ1v) is 10.5. The molecule has 0 saturated heterocycles. The molecule has 10 heteroatoms. The summed E-state index contributed by atoms with van der Waals surface area (Å²) >= 11 is 1.42. The number of nitro benzene ring substituents is 1. The van der Waals surface area contributed by atoms with Crippen molar-refractivity contribution < 1.29 is 19.1 Å². The van der Waals surface area contributed by atoms with Gasteiger partial charge in [-0.15, -0.1) is 11.3 Å². The maximum atomic E-state index is 11.6. The molecule has 0 aliphatic carbocycles. The van der Waals surface area contributed by atoms with Gasteiger partial charge in [-0.1, -0.05) is 12.2 Å². The maximum absolute atomic E-state index is 11.6. The molecule has 0 fully saturated rings. The Hall–Kier alpha value is -3.92. The summed E-state index contributed by atoms with van der Waals surface area (Å²) in [5.41, 5.74) is 2.77. The molecule has 0 radical (unpaired) electrons. The zero-order valence-electron chi connectivity index (χ0n) is 17.5. The van der Waals surface area contributed by atoms with Gasteiger partial charge in [0, 0.05) is 10.9 Å². The monoisotopic (exact) mass is 452 g/mol. The van der Waals surface area contributed by atoms with Crippen LogP contribution in [0.5, 0.6) is 17.2 Å². The number of nitrogens with zero attached hydrogens (tertiary/aromatic N) is 4. The lowest BCUT2D eigenvalue weighted by atomic mass is 10.1. The molecule has 0 saturated carbocycles. The number of thiazole rings is 1. The van der Waals surface area contributed by atoms with Crippen LogP contribution >= 0.6 is 11.3 Å². The minimum Gasteiger partial charge on any atom is -0.497 e. The number of fused-ring (bicyclic) bond motifs is 1. The molecule has 0 N–H and O–H groups in total. The van der Waals surface area contributed by atoms with Gasteiger partial charge in [0.05, 0.1) is 42.1 Å². The first-order valence-electron chi connectivity index (χ1n) is 9.58. The summed E-state index contributed by atoms with van der Waals surface area (Å²) in [4.78, 5) is 16.3. The standard InChI is InChI=1S/C22H20N4O5S/c1-14(2)10-23-22-25(19(12-32-22)15-4-6-17(29-3)7-5-15)24-11-16-8-20-21(31-13-30-20)9-18(16)26(27)28/h4-9,11-12H,1,10,13H2,2-3H3. The number of aromatic nitrogens is 1. The fourth-order valence-electron chi connectivity index (χ4n) is 3.01. The fourth-order valence-corrected chi connectivity index (χ4v) is 3.85. The van der Waals surface area contributed by atoms with E-state index in [-0.39, 0.29) is 12.5 Å². The van der Waals surface area contributed by atoms with Gasteiger partial charge >= 0.3 is 0 Å². The normalized spacial score (nSPS) is 13.0. The smallest absolute Gasteiger partial charge is 0.282 e. The first-order chi connectivity index (χ1) is 15.5. The van der Waals surface area contributed by atoms with E-state index in [9.17, 15) is 10.1 Å². The SMILES string of the molecule is C=C(C)CN=c1scc(-c2ccc(OC)cc2)n1N=Cc1cc2c(cc1[N+](=O)[O-])OCO2. The molecule has 9 nitrogen and oxygen atoms in total. The number of benzene rings is 2. The molecular weight excluding hydrogens is 432 g/mol. The van der Waals surface area contributed by atoms with Gasteiger partial charge in [-0.25, -0.2) is 4.68 Å². The second kappa shape index (κ2) is 9.06. The molecule has 2 heterocycles. The second-order valence-corrected chi connectivity index (χ2v) is 7.82. The topological polar surface area (TPSA) is 100 Å². The van der Waals surface area contributed by atoms with E-state index in [0.29, 0.717) is 28.4 Å². The minimum atomic E-state index is -0.474. The van der Waals surface area contributed by atoms with E-state index in [1.807, 2.05) is 36.6 Å². The average Bonchev–Trinajstić information content (AvgIpc) is 3.41. The highest BCUT2D eigenvalue weighted by Crippen LogP contribution is 2.37. The molecule has 0 spiro atoms. The van der Waals surface area contributed by atoms with Gasteiger partial charge in [0.25, 0.3) is 5.69 Å². The van der Waals surface area contributed by atoms with Crippen LogP contribution in [0.25, 0.3) is 11.3 Å². The predicted octanol–water partition coefficient (Wildman–Crippen LogP) is 4.22. The van der Waals surface area contributed by atoms with Crippen molar-refractivity contribution >= 4 is 23.2 Å². The molecule has 1 aromatic heterocycles. The molecule has 0 unspecified atom stereocenters. The van der Waals surface area contributed by atoms with E-state index in [1.165, 1.54) is 23.6 Å². The van der Waals surface area contributed by atoms with Crippen molar-refractivity contribution in [2.45, 2.75) is 6.92 Å². The average molecular weight is 452 g/mol. The van der Waals surface area contributed by atoms with Crippen molar-refractivity contribution in [3.8, 4) is 28.5 Å². The van der Waals surface area contributed by atoms with Crippen molar-refractivity contribution in [1.82, 2.24) is 4.68 Å². The Morgan fingerprint density at radius 2 is 2.03 bits per heavy atom. The fraction of sp³-hybridized carbons (Fsp3) is 0.182. The number of hydrogen-bond acceptors (Lipinski definition) is 8. The highest BCUT2D eigenvalue weighted by atomic mass is 32.1. The van der Waals surface area contributed by atoms with E-state index in [1.54, 1.807) is 17.9 Å². The van der Waals surface area contributed by atoms with Crippen molar-refractivity contribution in [3.05, 3.63) is 74.4 Å². The third-order valence-corrected chi connectivity index (χ3v) is 5.44. The maximum Gasteiger partial charge on any atom is 0.282 e. The summed E-state index contributed by atoms with van der Waals surface area (Å²) in [5, 5.41) is 18.1. The van der Waals surface area contributed by atoms with E-state index in [4.69, 9.17) is 14.2 Å². The third-order valence-electron chi connectivity index (χ3n) is 4.59. The van der Waals surface area contributed by atoms with Crippen LogP contribution in [0.3, 0.4) is 0 Å². The molecule has 0 bridgehead atoms. The van der Waals surface area contributed by atoms with Crippen LogP contribution < -0.4 is 19.0 Å². The Bertz CT molecular complexity index is 1270. The molecule has 0 atom stereocenters. The molecule has 2 aromatic carbocycles. The van der Waals surface area contributed by atoms with Crippen molar-refractivity contribution in [2.75, 3.05) is 20.4 Å². The van der Waals surface area contributed by atoms with Crippen LogP contribution in [0.2, 0.25) is 0 Å². The molecule has 3 aromatic rings. The Balaban J connectivity index is 1.81. The van der Waals surface area contributed by atoms with E-state index < -0.39 is 4.92 Å². The summed E-state index contributed by atoms with van der Waals surface area (Å²) in [6.45, 7) is 6.26. The molecule has 0 amide bonds. The van der Waals surface area contributed by atoms with Crippen LogP contribution in [-0.4, -0.2) is 36.3 Å². The van der Waals surface area contributed by atoms with Crippen LogP contribution in [0, 0.1) is 10.1 Å². The van der Waals surface area contributed by atoms with Crippen LogP contribution in [0.15, 0.2) is 64.0 Å². The number of rotatable bonds is 7. The van der Waals surface area contributed by atoms with Crippen LogP contribution in [0.1, 0.15) is 12.5 Å².